The Kier molecular flexibility index (Phi) is 5.70. The summed E-state index contributed by atoms with van der Waals surface area (Å²) in [6, 6.07) is 9.05. The summed E-state index contributed by atoms with van der Waals surface area (Å²) in [6.07, 6.45) is 3.98. The Labute approximate surface area is 164 Å². The SMILES string of the molecule is CCC(C)(C)C1CCc2c(sc(NC(=O)c3ccccc3)c2C(=O)OC)C1. The number of benzene rings is 1. The minimum Gasteiger partial charge on any atom is -0.465 e. The summed E-state index contributed by atoms with van der Waals surface area (Å²) >= 11 is 1.53. The Morgan fingerprint density at radius 1 is 1.26 bits per heavy atom. The zero-order valence-electron chi connectivity index (χ0n) is 16.4. The van der Waals surface area contributed by atoms with Crippen LogP contribution in [-0.4, -0.2) is 19.0 Å². The van der Waals surface area contributed by atoms with Gasteiger partial charge in [-0.15, -0.1) is 11.3 Å². The summed E-state index contributed by atoms with van der Waals surface area (Å²) in [5.74, 6) is 0.00525. The maximum atomic E-state index is 12.6. The summed E-state index contributed by atoms with van der Waals surface area (Å²) < 4.78 is 5.02. The molecule has 1 aromatic heterocycles. The smallest absolute Gasteiger partial charge is 0.341 e. The van der Waals surface area contributed by atoms with E-state index in [1.54, 1.807) is 12.1 Å². The predicted octanol–water partition coefficient (Wildman–Crippen LogP) is 5.33. The van der Waals surface area contributed by atoms with Gasteiger partial charge in [-0.3, -0.25) is 4.79 Å². The number of hydrogen-bond donors (Lipinski definition) is 1. The third kappa shape index (κ3) is 3.93. The summed E-state index contributed by atoms with van der Waals surface area (Å²) in [5.41, 5.74) is 2.43. The highest BCUT2D eigenvalue weighted by Gasteiger charge is 2.35. The van der Waals surface area contributed by atoms with Crippen LogP contribution in [0.4, 0.5) is 5.00 Å². The van der Waals surface area contributed by atoms with E-state index in [1.165, 1.54) is 23.3 Å². The fourth-order valence-electron chi connectivity index (χ4n) is 3.71. The fourth-order valence-corrected chi connectivity index (χ4v) is 5.02. The molecule has 0 saturated carbocycles. The van der Waals surface area contributed by atoms with Crippen LogP contribution in [-0.2, 0) is 17.6 Å². The van der Waals surface area contributed by atoms with Crippen molar-refractivity contribution in [2.45, 2.75) is 46.5 Å². The van der Waals surface area contributed by atoms with E-state index >= 15 is 0 Å². The number of hydrogen-bond acceptors (Lipinski definition) is 4. The van der Waals surface area contributed by atoms with Gasteiger partial charge in [0.05, 0.1) is 12.7 Å². The lowest BCUT2D eigenvalue weighted by Gasteiger charge is -2.36. The average Bonchev–Trinajstić information content (AvgIpc) is 3.04. The van der Waals surface area contributed by atoms with E-state index in [9.17, 15) is 9.59 Å². The number of carbonyl (C=O) groups excluding carboxylic acids is 2. The molecule has 144 valence electrons. The Balaban J connectivity index is 1.93. The highest BCUT2D eigenvalue weighted by molar-refractivity contribution is 7.17. The van der Waals surface area contributed by atoms with Gasteiger partial charge >= 0.3 is 5.97 Å². The number of rotatable bonds is 5. The van der Waals surface area contributed by atoms with Gasteiger partial charge in [-0.05, 0) is 48.3 Å². The largest absolute Gasteiger partial charge is 0.465 e. The normalized spacial score (nSPS) is 16.5. The van der Waals surface area contributed by atoms with Gasteiger partial charge in [0.2, 0.25) is 0 Å². The molecule has 4 nitrogen and oxygen atoms in total. The van der Waals surface area contributed by atoms with Gasteiger partial charge < -0.3 is 10.1 Å². The second-order valence-corrected chi connectivity index (χ2v) is 8.91. The topological polar surface area (TPSA) is 55.4 Å². The van der Waals surface area contributed by atoms with Crippen LogP contribution in [0.15, 0.2) is 30.3 Å². The molecule has 1 aliphatic rings. The molecule has 0 bridgehead atoms. The zero-order chi connectivity index (χ0) is 19.6. The molecule has 1 aromatic carbocycles. The molecule has 1 heterocycles. The molecule has 0 spiro atoms. The van der Waals surface area contributed by atoms with Crippen LogP contribution >= 0.6 is 11.3 Å². The van der Waals surface area contributed by atoms with Crippen LogP contribution in [0.5, 0.6) is 0 Å². The van der Waals surface area contributed by atoms with Crippen LogP contribution in [0.25, 0.3) is 0 Å². The quantitative estimate of drug-likeness (QED) is 0.708. The first-order valence-corrected chi connectivity index (χ1v) is 10.3. The molecule has 5 heteroatoms. The summed E-state index contributed by atoms with van der Waals surface area (Å²) in [7, 11) is 1.39. The summed E-state index contributed by atoms with van der Waals surface area (Å²) in [5, 5.41) is 3.55. The molecule has 1 N–H and O–H groups in total. The molecule has 0 fully saturated rings. The van der Waals surface area contributed by atoms with E-state index in [-0.39, 0.29) is 17.3 Å². The van der Waals surface area contributed by atoms with Gasteiger partial charge in [-0.25, -0.2) is 4.79 Å². The number of nitrogens with one attached hydrogen (secondary N) is 1. The van der Waals surface area contributed by atoms with Gasteiger partial charge in [-0.1, -0.05) is 45.4 Å². The Morgan fingerprint density at radius 2 is 1.96 bits per heavy atom. The molecule has 1 unspecified atom stereocenters. The van der Waals surface area contributed by atoms with Crippen LogP contribution in [0.2, 0.25) is 0 Å². The van der Waals surface area contributed by atoms with Gasteiger partial charge in [0.1, 0.15) is 5.00 Å². The predicted molar refractivity (Wildman–Crippen MR) is 110 cm³/mol. The van der Waals surface area contributed by atoms with Gasteiger partial charge in [0.25, 0.3) is 5.91 Å². The third-order valence-corrected chi connectivity index (χ3v) is 7.10. The number of amides is 1. The number of fused-ring (bicyclic) bond motifs is 1. The molecular weight excluding hydrogens is 358 g/mol. The van der Waals surface area contributed by atoms with Gasteiger partial charge in [-0.2, -0.15) is 0 Å². The first-order valence-electron chi connectivity index (χ1n) is 9.46. The second kappa shape index (κ2) is 7.85. The van der Waals surface area contributed by atoms with Crippen molar-refractivity contribution in [3.05, 3.63) is 51.9 Å². The van der Waals surface area contributed by atoms with E-state index in [4.69, 9.17) is 4.74 Å². The molecule has 0 aliphatic heterocycles. The van der Waals surface area contributed by atoms with E-state index < -0.39 is 0 Å². The number of ether oxygens (including phenoxy) is 1. The van der Waals surface area contributed by atoms with Crippen LogP contribution < -0.4 is 5.32 Å². The highest BCUT2D eigenvalue weighted by Crippen LogP contribution is 2.45. The lowest BCUT2D eigenvalue weighted by Crippen LogP contribution is -2.28. The minimum absolute atomic E-state index is 0.204. The van der Waals surface area contributed by atoms with Gasteiger partial charge in [0.15, 0.2) is 0 Å². The molecule has 3 rings (SSSR count). The van der Waals surface area contributed by atoms with E-state index in [0.717, 1.165) is 31.2 Å². The second-order valence-electron chi connectivity index (χ2n) is 7.80. The number of esters is 1. The van der Waals surface area contributed by atoms with E-state index in [1.807, 2.05) is 18.2 Å². The standard InChI is InChI=1S/C22H27NO3S/c1-5-22(2,3)15-11-12-16-17(13-15)27-20(18(16)21(25)26-4)23-19(24)14-9-7-6-8-10-14/h6-10,15H,5,11-13H2,1-4H3,(H,23,24). The average molecular weight is 386 g/mol. The van der Waals surface area contributed by atoms with Crippen LogP contribution in [0, 0.1) is 11.3 Å². The first kappa shape index (κ1) is 19.6. The number of methoxy groups -OCH3 is 1. The van der Waals surface area contributed by atoms with Crippen molar-refractivity contribution < 1.29 is 14.3 Å². The molecule has 1 amide bonds. The van der Waals surface area contributed by atoms with Crippen molar-refractivity contribution >= 4 is 28.2 Å². The molecule has 0 saturated heterocycles. The van der Waals surface area contributed by atoms with E-state index in [0.29, 0.717) is 22.0 Å². The Morgan fingerprint density at radius 3 is 2.59 bits per heavy atom. The summed E-state index contributed by atoms with van der Waals surface area (Å²) in [6.45, 7) is 6.86. The van der Waals surface area contributed by atoms with Crippen molar-refractivity contribution in [2.24, 2.45) is 11.3 Å². The lowest BCUT2D eigenvalue weighted by atomic mass is 9.69. The first-order chi connectivity index (χ1) is 12.9. The van der Waals surface area contributed by atoms with Crippen LogP contribution in [0.3, 0.4) is 0 Å². The summed E-state index contributed by atoms with van der Waals surface area (Å²) in [4.78, 5) is 26.3. The molecule has 1 atom stereocenters. The molecule has 2 aromatic rings. The molecule has 1 aliphatic carbocycles. The van der Waals surface area contributed by atoms with Crippen molar-refractivity contribution in [3.63, 3.8) is 0 Å². The van der Waals surface area contributed by atoms with E-state index in [2.05, 4.69) is 26.1 Å². The Bertz CT molecular complexity index is 839. The maximum Gasteiger partial charge on any atom is 0.341 e. The Hall–Kier alpha value is -2.14. The molecular formula is C22H27NO3S. The monoisotopic (exact) mass is 385 g/mol. The number of carbonyl (C=O) groups is 2. The molecule has 27 heavy (non-hydrogen) atoms. The van der Waals surface area contributed by atoms with Crippen LogP contribution in [0.1, 0.15) is 64.8 Å². The van der Waals surface area contributed by atoms with Crippen molar-refractivity contribution in [1.82, 2.24) is 0 Å². The van der Waals surface area contributed by atoms with Crippen molar-refractivity contribution in [2.75, 3.05) is 12.4 Å². The van der Waals surface area contributed by atoms with Crippen molar-refractivity contribution in [1.29, 1.82) is 0 Å². The lowest BCUT2D eigenvalue weighted by molar-refractivity contribution is 0.0600. The molecule has 0 radical (unpaired) electrons. The fraction of sp³-hybridized carbons (Fsp3) is 0.455. The van der Waals surface area contributed by atoms with Gasteiger partial charge in [0, 0.05) is 10.4 Å². The van der Waals surface area contributed by atoms with Crippen molar-refractivity contribution in [3.8, 4) is 0 Å². The number of thiophene rings is 1. The highest BCUT2D eigenvalue weighted by atomic mass is 32.1. The maximum absolute atomic E-state index is 12.6. The third-order valence-electron chi connectivity index (χ3n) is 5.93. The zero-order valence-corrected chi connectivity index (χ0v) is 17.2. The minimum atomic E-state index is -0.371. The number of anilines is 1.